The number of anilines is 2. The molecule has 0 saturated carbocycles. The number of carboxylic acid groups (broad SMARTS) is 1. The minimum Gasteiger partial charge on any atom is -0.478 e. The number of piperidine rings is 1. The largest absolute Gasteiger partial charge is 0.478 e. The third kappa shape index (κ3) is 2.76. The van der Waals surface area contributed by atoms with E-state index >= 15 is 0 Å². The molecule has 5 heteroatoms. The second-order valence-electron chi connectivity index (χ2n) is 6.62. The van der Waals surface area contributed by atoms with E-state index in [4.69, 9.17) is 0 Å². The van der Waals surface area contributed by atoms with Crippen LogP contribution in [0, 0.1) is 0 Å². The zero-order valence-electron chi connectivity index (χ0n) is 13.9. The second-order valence-corrected chi connectivity index (χ2v) is 6.62. The molecule has 0 radical (unpaired) electrons. The summed E-state index contributed by atoms with van der Waals surface area (Å²) in [7, 11) is 0. The van der Waals surface area contributed by atoms with Crippen LogP contribution in [0.3, 0.4) is 0 Å². The molecule has 1 amide bonds. The Bertz CT molecular complexity index is 819. The lowest BCUT2D eigenvalue weighted by molar-refractivity contribution is -0.120. The number of fused-ring (bicyclic) bond motifs is 3. The van der Waals surface area contributed by atoms with Crippen LogP contribution >= 0.6 is 0 Å². The first kappa shape index (κ1) is 15.7. The number of carbonyl (C=O) groups is 2. The van der Waals surface area contributed by atoms with Crippen LogP contribution in [0.5, 0.6) is 0 Å². The van der Waals surface area contributed by atoms with Gasteiger partial charge in [-0.3, -0.25) is 4.79 Å². The molecule has 1 fully saturated rings. The van der Waals surface area contributed by atoms with Crippen LogP contribution in [0.15, 0.2) is 48.5 Å². The summed E-state index contributed by atoms with van der Waals surface area (Å²) in [6.07, 6.45) is 2.96. The van der Waals surface area contributed by atoms with Gasteiger partial charge >= 0.3 is 5.97 Å². The maximum Gasteiger partial charge on any atom is 0.335 e. The molecule has 25 heavy (non-hydrogen) atoms. The Kier molecular flexibility index (Phi) is 3.92. The van der Waals surface area contributed by atoms with Gasteiger partial charge in [-0.05, 0) is 43.0 Å². The zero-order valence-corrected chi connectivity index (χ0v) is 13.9. The molecule has 0 aliphatic carbocycles. The molecule has 1 atom stereocenters. The highest BCUT2D eigenvalue weighted by Gasteiger charge is 2.39. The first-order valence-electron chi connectivity index (χ1n) is 8.64. The monoisotopic (exact) mass is 336 g/mol. The van der Waals surface area contributed by atoms with Gasteiger partial charge in [0.2, 0.25) is 5.91 Å². The molecular weight excluding hydrogens is 316 g/mol. The number of aromatic carboxylic acids is 1. The standard InChI is InChI=1S/C20H20N2O3/c23-19-17-8-4-5-11-21(17)16-10-9-15(20(24)25)12-18(16)22(19)13-14-6-2-1-3-7-14/h1-3,6-7,9-10,12,17H,4-5,8,11,13H2,(H,24,25). The molecule has 2 aromatic carbocycles. The van der Waals surface area contributed by atoms with Crippen molar-refractivity contribution >= 4 is 23.3 Å². The Morgan fingerprint density at radius 1 is 1.08 bits per heavy atom. The number of rotatable bonds is 3. The number of hydrogen-bond donors (Lipinski definition) is 1. The predicted octanol–water partition coefficient (Wildman–Crippen LogP) is 3.29. The van der Waals surface area contributed by atoms with E-state index in [2.05, 4.69) is 4.90 Å². The number of benzene rings is 2. The second kappa shape index (κ2) is 6.24. The quantitative estimate of drug-likeness (QED) is 0.934. The molecule has 0 aromatic heterocycles. The fourth-order valence-corrected chi connectivity index (χ4v) is 3.82. The van der Waals surface area contributed by atoms with Gasteiger partial charge in [0.05, 0.1) is 23.5 Å². The van der Waals surface area contributed by atoms with Gasteiger partial charge in [-0.1, -0.05) is 30.3 Å². The van der Waals surface area contributed by atoms with Crippen LogP contribution in [0.4, 0.5) is 11.4 Å². The first-order chi connectivity index (χ1) is 12.1. The third-order valence-corrected chi connectivity index (χ3v) is 5.06. The number of amides is 1. The van der Waals surface area contributed by atoms with E-state index in [0.717, 1.165) is 37.1 Å². The van der Waals surface area contributed by atoms with Crippen molar-refractivity contribution in [2.45, 2.75) is 31.8 Å². The van der Waals surface area contributed by atoms with Gasteiger partial charge in [0.25, 0.3) is 0 Å². The predicted molar refractivity (Wildman–Crippen MR) is 96.0 cm³/mol. The van der Waals surface area contributed by atoms with Crippen LogP contribution in [-0.2, 0) is 11.3 Å². The summed E-state index contributed by atoms with van der Waals surface area (Å²) in [5.74, 6) is -0.908. The van der Waals surface area contributed by atoms with Crippen molar-refractivity contribution in [2.75, 3.05) is 16.3 Å². The fraction of sp³-hybridized carbons (Fsp3) is 0.300. The fourth-order valence-electron chi connectivity index (χ4n) is 3.82. The number of carboxylic acids is 1. The molecule has 1 saturated heterocycles. The highest BCUT2D eigenvalue weighted by Crippen LogP contribution is 2.40. The van der Waals surface area contributed by atoms with Crippen LogP contribution in [0.25, 0.3) is 0 Å². The Labute approximate surface area is 146 Å². The molecule has 0 bridgehead atoms. The lowest BCUT2D eigenvalue weighted by Crippen LogP contribution is -2.55. The van der Waals surface area contributed by atoms with E-state index in [0.29, 0.717) is 12.2 Å². The van der Waals surface area contributed by atoms with Crippen molar-refractivity contribution in [3.8, 4) is 0 Å². The van der Waals surface area contributed by atoms with Crippen LogP contribution in [0.2, 0.25) is 0 Å². The van der Waals surface area contributed by atoms with Crippen LogP contribution in [0.1, 0.15) is 35.2 Å². The summed E-state index contributed by atoms with van der Waals surface area (Å²) >= 11 is 0. The maximum atomic E-state index is 13.1. The number of carbonyl (C=O) groups excluding carboxylic acids is 1. The summed E-state index contributed by atoms with van der Waals surface area (Å²) in [6, 6.07) is 14.8. The molecule has 2 heterocycles. The van der Waals surface area contributed by atoms with Crippen molar-refractivity contribution in [1.29, 1.82) is 0 Å². The average molecular weight is 336 g/mol. The van der Waals surface area contributed by atoms with E-state index in [9.17, 15) is 14.7 Å². The highest BCUT2D eigenvalue weighted by molar-refractivity contribution is 6.06. The van der Waals surface area contributed by atoms with Gasteiger partial charge in [0, 0.05) is 6.54 Å². The molecule has 2 aliphatic rings. The molecule has 1 N–H and O–H groups in total. The van der Waals surface area contributed by atoms with Gasteiger partial charge in [-0.2, -0.15) is 0 Å². The molecule has 1 unspecified atom stereocenters. The Hall–Kier alpha value is -2.82. The molecular formula is C20H20N2O3. The van der Waals surface area contributed by atoms with E-state index in [-0.39, 0.29) is 17.5 Å². The summed E-state index contributed by atoms with van der Waals surface area (Å²) in [5, 5.41) is 9.34. The zero-order chi connectivity index (χ0) is 17.4. The van der Waals surface area contributed by atoms with E-state index in [1.165, 1.54) is 0 Å². The molecule has 4 rings (SSSR count). The Balaban J connectivity index is 1.80. The highest BCUT2D eigenvalue weighted by atomic mass is 16.4. The average Bonchev–Trinajstić information content (AvgIpc) is 2.65. The summed E-state index contributed by atoms with van der Waals surface area (Å²) in [5.41, 5.74) is 2.91. The van der Waals surface area contributed by atoms with Gasteiger partial charge in [0.1, 0.15) is 6.04 Å². The van der Waals surface area contributed by atoms with Gasteiger partial charge in [0.15, 0.2) is 0 Å². The van der Waals surface area contributed by atoms with E-state index in [1.54, 1.807) is 17.0 Å². The third-order valence-electron chi connectivity index (χ3n) is 5.06. The van der Waals surface area contributed by atoms with Crippen molar-refractivity contribution in [3.05, 3.63) is 59.7 Å². The molecule has 2 aliphatic heterocycles. The summed E-state index contributed by atoms with van der Waals surface area (Å²) in [4.78, 5) is 28.4. The first-order valence-corrected chi connectivity index (χ1v) is 8.64. The number of nitrogens with zero attached hydrogens (tertiary/aromatic N) is 2. The molecule has 5 nitrogen and oxygen atoms in total. The summed E-state index contributed by atoms with van der Waals surface area (Å²) in [6.45, 7) is 1.30. The normalized spacial score (nSPS) is 19.4. The Morgan fingerprint density at radius 2 is 1.88 bits per heavy atom. The van der Waals surface area contributed by atoms with Gasteiger partial charge < -0.3 is 14.9 Å². The van der Waals surface area contributed by atoms with Crippen molar-refractivity contribution < 1.29 is 14.7 Å². The van der Waals surface area contributed by atoms with E-state index < -0.39 is 5.97 Å². The van der Waals surface area contributed by atoms with Crippen molar-refractivity contribution in [1.82, 2.24) is 0 Å². The topological polar surface area (TPSA) is 60.9 Å². The SMILES string of the molecule is O=C(O)c1ccc2c(c1)N(Cc1ccccc1)C(=O)C1CCCCN21. The maximum absolute atomic E-state index is 13.1. The molecule has 0 spiro atoms. The molecule has 128 valence electrons. The minimum absolute atomic E-state index is 0.0681. The smallest absolute Gasteiger partial charge is 0.335 e. The van der Waals surface area contributed by atoms with Gasteiger partial charge in [-0.15, -0.1) is 0 Å². The van der Waals surface area contributed by atoms with E-state index in [1.807, 2.05) is 36.4 Å². The van der Waals surface area contributed by atoms with Crippen molar-refractivity contribution in [2.24, 2.45) is 0 Å². The van der Waals surface area contributed by atoms with Crippen molar-refractivity contribution in [3.63, 3.8) is 0 Å². The lowest BCUT2D eigenvalue weighted by Gasteiger charge is -2.45. The molecule has 2 aromatic rings. The van der Waals surface area contributed by atoms with Crippen LogP contribution in [-0.4, -0.2) is 29.6 Å². The number of hydrogen-bond acceptors (Lipinski definition) is 3. The van der Waals surface area contributed by atoms with Gasteiger partial charge in [-0.25, -0.2) is 4.79 Å². The minimum atomic E-state index is -0.976. The Morgan fingerprint density at radius 3 is 2.64 bits per heavy atom. The lowest BCUT2D eigenvalue weighted by atomic mass is 9.95. The van der Waals surface area contributed by atoms with Crippen LogP contribution < -0.4 is 9.80 Å². The summed E-state index contributed by atoms with van der Waals surface area (Å²) < 4.78 is 0.